The molecule has 0 fully saturated rings. The quantitative estimate of drug-likeness (QED) is 0.660. The lowest BCUT2D eigenvalue weighted by Crippen LogP contribution is -2.38. The Labute approximate surface area is 93.9 Å². The minimum Gasteiger partial charge on any atom is -0.313 e. The number of hydrogen-bond donors (Lipinski definition) is 2. The summed E-state index contributed by atoms with van der Waals surface area (Å²) in [5.41, 5.74) is 0. The van der Waals surface area contributed by atoms with Gasteiger partial charge >= 0.3 is 0 Å². The Balaban J connectivity index is 3.87. The molecule has 0 amide bonds. The van der Waals surface area contributed by atoms with Crippen LogP contribution in [0.15, 0.2) is 0 Å². The van der Waals surface area contributed by atoms with Gasteiger partial charge in [0, 0.05) is 19.1 Å². The van der Waals surface area contributed by atoms with Crippen molar-refractivity contribution in [1.82, 2.24) is 10.0 Å². The van der Waals surface area contributed by atoms with Gasteiger partial charge in [-0.05, 0) is 12.3 Å². The average Bonchev–Trinajstić information content (AvgIpc) is 2.11. The van der Waals surface area contributed by atoms with Crippen LogP contribution in [0.5, 0.6) is 0 Å². The number of sulfonamides is 1. The summed E-state index contributed by atoms with van der Waals surface area (Å²) in [5.74, 6) is 0.696. The molecule has 92 valence electrons. The summed E-state index contributed by atoms with van der Waals surface area (Å²) in [4.78, 5) is 0. The molecule has 0 aromatic carbocycles. The van der Waals surface area contributed by atoms with E-state index in [0.717, 1.165) is 6.42 Å². The Bertz CT molecular complexity index is 250. The summed E-state index contributed by atoms with van der Waals surface area (Å²) >= 11 is 0. The van der Waals surface area contributed by atoms with E-state index in [1.807, 2.05) is 0 Å². The highest BCUT2D eigenvalue weighted by Gasteiger charge is 2.12. The van der Waals surface area contributed by atoms with Crippen LogP contribution in [0.4, 0.5) is 0 Å². The summed E-state index contributed by atoms with van der Waals surface area (Å²) in [6.45, 7) is 9.15. The van der Waals surface area contributed by atoms with Gasteiger partial charge in [-0.15, -0.1) is 0 Å². The van der Waals surface area contributed by atoms with E-state index in [2.05, 4.69) is 30.8 Å². The van der Waals surface area contributed by atoms with E-state index >= 15 is 0 Å². The van der Waals surface area contributed by atoms with Gasteiger partial charge in [-0.1, -0.05) is 27.7 Å². The third-order valence-electron chi connectivity index (χ3n) is 2.39. The van der Waals surface area contributed by atoms with Gasteiger partial charge in [-0.25, -0.2) is 13.1 Å². The van der Waals surface area contributed by atoms with E-state index in [0.29, 0.717) is 25.0 Å². The summed E-state index contributed by atoms with van der Waals surface area (Å²) in [6.07, 6.45) is 1.03. The fourth-order valence-electron chi connectivity index (χ4n) is 1.52. The van der Waals surface area contributed by atoms with Gasteiger partial charge in [0.25, 0.3) is 0 Å². The second-order valence-corrected chi connectivity index (χ2v) is 5.96. The third kappa shape index (κ3) is 6.87. The van der Waals surface area contributed by atoms with E-state index in [9.17, 15) is 8.42 Å². The van der Waals surface area contributed by atoms with Gasteiger partial charge < -0.3 is 5.32 Å². The number of rotatable bonds is 8. The largest absolute Gasteiger partial charge is 0.313 e. The van der Waals surface area contributed by atoms with Gasteiger partial charge in [-0.3, -0.25) is 0 Å². The Hall–Kier alpha value is -0.130. The van der Waals surface area contributed by atoms with Crippen molar-refractivity contribution in [2.24, 2.45) is 5.92 Å². The van der Waals surface area contributed by atoms with Crippen molar-refractivity contribution in [2.45, 2.75) is 40.2 Å². The lowest BCUT2D eigenvalue weighted by Gasteiger charge is -2.20. The van der Waals surface area contributed by atoms with Gasteiger partial charge in [0.2, 0.25) is 10.0 Å². The molecule has 0 aliphatic rings. The SMILES string of the molecule is CCNS(=O)(=O)CCNC(CC)C(C)C. The van der Waals surface area contributed by atoms with Crippen molar-refractivity contribution in [2.75, 3.05) is 18.8 Å². The van der Waals surface area contributed by atoms with Crippen molar-refractivity contribution < 1.29 is 8.42 Å². The second kappa shape index (κ2) is 7.19. The molecule has 0 saturated carbocycles. The van der Waals surface area contributed by atoms with Crippen LogP contribution in [-0.2, 0) is 10.0 Å². The van der Waals surface area contributed by atoms with Gasteiger partial charge in [0.1, 0.15) is 0 Å². The fourth-order valence-corrected chi connectivity index (χ4v) is 2.49. The van der Waals surface area contributed by atoms with E-state index in [4.69, 9.17) is 0 Å². The first-order valence-corrected chi connectivity index (χ1v) is 7.28. The predicted molar refractivity (Wildman–Crippen MR) is 64.4 cm³/mol. The topological polar surface area (TPSA) is 58.2 Å². The Morgan fingerprint density at radius 1 is 1.20 bits per heavy atom. The van der Waals surface area contributed by atoms with Crippen LogP contribution in [-0.4, -0.2) is 33.3 Å². The Morgan fingerprint density at radius 3 is 2.20 bits per heavy atom. The van der Waals surface area contributed by atoms with Crippen molar-refractivity contribution in [3.63, 3.8) is 0 Å². The van der Waals surface area contributed by atoms with E-state index < -0.39 is 10.0 Å². The molecule has 4 nitrogen and oxygen atoms in total. The van der Waals surface area contributed by atoms with E-state index in [1.165, 1.54) is 0 Å². The van der Waals surface area contributed by atoms with E-state index in [-0.39, 0.29) is 5.75 Å². The third-order valence-corrected chi connectivity index (χ3v) is 3.86. The van der Waals surface area contributed by atoms with Crippen LogP contribution in [0, 0.1) is 5.92 Å². The maximum atomic E-state index is 11.3. The highest BCUT2D eigenvalue weighted by atomic mass is 32.2. The number of nitrogens with one attached hydrogen (secondary N) is 2. The predicted octanol–water partition coefficient (Wildman–Crippen LogP) is 0.950. The van der Waals surface area contributed by atoms with Crippen LogP contribution in [0.3, 0.4) is 0 Å². The average molecular weight is 236 g/mol. The maximum Gasteiger partial charge on any atom is 0.212 e. The Kier molecular flexibility index (Phi) is 7.13. The lowest BCUT2D eigenvalue weighted by atomic mass is 10.0. The molecule has 0 aromatic rings. The molecule has 15 heavy (non-hydrogen) atoms. The first-order valence-electron chi connectivity index (χ1n) is 5.63. The smallest absolute Gasteiger partial charge is 0.212 e. The summed E-state index contributed by atoms with van der Waals surface area (Å²) in [5, 5.41) is 3.26. The first kappa shape index (κ1) is 14.9. The molecule has 2 N–H and O–H groups in total. The molecule has 0 bridgehead atoms. The molecule has 0 aromatic heterocycles. The van der Waals surface area contributed by atoms with Gasteiger partial charge in [0.05, 0.1) is 5.75 Å². The van der Waals surface area contributed by atoms with Crippen molar-refractivity contribution in [3.8, 4) is 0 Å². The molecule has 5 heteroatoms. The monoisotopic (exact) mass is 236 g/mol. The normalized spacial score (nSPS) is 14.5. The summed E-state index contributed by atoms with van der Waals surface area (Å²) < 4.78 is 25.1. The van der Waals surface area contributed by atoms with Crippen molar-refractivity contribution >= 4 is 10.0 Å². The highest BCUT2D eigenvalue weighted by Crippen LogP contribution is 2.04. The van der Waals surface area contributed by atoms with Crippen LogP contribution in [0.25, 0.3) is 0 Å². The fraction of sp³-hybridized carbons (Fsp3) is 1.00. The molecule has 0 heterocycles. The molecule has 0 aliphatic carbocycles. The summed E-state index contributed by atoms with van der Waals surface area (Å²) in [7, 11) is -3.07. The van der Waals surface area contributed by atoms with Crippen LogP contribution < -0.4 is 10.0 Å². The molecule has 1 atom stereocenters. The Morgan fingerprint density at radius 2 is 1.80 bits per heavy atom. The molecule has 0 saturated heterocycles. The van der Waals surface area contributed by atoms with Gasteiger partial charge in [-0.2, -0.15) is 0 Å². The zero-order chi connectivity index (χ0) is 11.9. The van der Waals surface area contributed by atoms with Gasteiger partial charge in [0.15, 0.2) is 0 Å². The first-order chi connectivity index (χ1) is 6.93. The molecule has 0 radical (unpaired) electrons. The van der Waals surface area contributed by atoms with Crippen LogP contribution in [0.1, 0.15) is 34.1 Å². The number of hydrogen-bond acceptors (Lipinski definition) is 3. The zero-order valence-corrected chi connectivity index (χ0v) is 11.0. The molecule has 0 aliphatic heterocycles. The highest BCUT2D eigenvalue weighted by molar-refractivity contribution is 7.89. The minimum atomic E-state index is -3.07. The molecule has 1 unspecified atom stereocenters. The lowest BCUT2D eigenvalue weighted by molar-refractivity contribution is 0.397. The molecular weight excluding hydrogens is 212 g/mol. The molecule has 0 rings (SSSR count). The summed E-state index contributed by atoms with van der Waals surface area (Å²) in [6, 6.07) is 0.404. The zero-order valence-electron chi connectivity index (χ0n) is 10.2. The molecular formula is C10H24N2O2S. The van der Waals surface area contributed by atoms with Crippen molar-refractivity contribution in [1.29, 1.82) is 0 Å². The second-order valence-electron chi connectivity index (χ2n) is 4.03. The van der Waals surface area contributed by atoms with Crippen LogP contribution >= 0.6 is 0 Å². The maximum absolute atomic E-state index is 11.3. The van der Waals surface area contributed by atoms with Crippen LogP contribution in [0.2, 0.25) is 0 Å². The molecule has 0 spiro atoms. The minimum absolute atomic E-state index is 0.157. The van der Waals surface area contributed by atoms with E-state index in [1.54, 1.807) is 6.92 Å². The van der Waals surface area contributed by atoms with Crippen molar-refractivity contribution in [3.05, 3.63) is 0 Å². The standard InChI is InChI=1S/C10H24N2O2S/c1-5-10(9(3)4)11-7-8-15(13,14)12-6-2/h9-12H,5-8H2,1-4H3.